The largest absolute Gasteiger partial charge is 0.310 e. The highest BCUT2D eigenvalue weighted by atomic mass is 15.1. The predicted molar refractivity (Wildman–Crippen MR) is 227 cm³/mol. The first-order valence-electron chi connectivity index (χ1n) is 18.8. The van der Waals surface area contributed by atoms with Crippen LogP contribution in [0, 0.1) is 0 Å². The Kier molecular flexibility index (Phi) is 6.60. The van der Waals surface area contributed by atoms with Gasteiger partial charge in [-0.1, -0.05) is 129 Å². The zero-order valence-corrected chi connectivity index (χ0v) is 30.2. The van der Waals surface area contributed by atoms with E-state index in [-0.39, 0.29) is 5.41 Å². The first-order chi connectivity index (χ1) is 26.6. The number of hydrogen-bond acceptors (Lipinski definition) is 1. The molecule has 0 unspecified atom stereocenters. The van der Waals surface area contributed by atoms with Crippen molar-refractivity contribution in [3.8, 4) is 22.5 Å². The van der Waals surface area contributed by atoms with Gasteiger partial charge in [0.25, 0.3) is 0 Å². The standard InChI is InChI=1S/C51H37N3/c1-51(2)45-31-27-37(32-44(45)39-28-26-38(33-46(39)51)52(34-16-6-3-7-17-34)35-18-8-4-9-19-35)54-48-25-15-13-23-41(48)43-30-29-42-40-22-12-14-24-47(40)53(49(42)50(43)54)36-20-10-5-11-21-36/h3-33H,1-2H3. The lowest BCUT2D eigenvalue weighted by molar-refractivity contribution is 0.660. The lowest BCUT2D eigenvalue weighted by atomic mass is 9.82. The SMILES string of the molecule is CC1(C)c2ccc(-n3c4ccccc4c4ccc5c6ccccc6n(-c6ccccc6)c5c43)cc2-c2ccc(N(c3ccccc3)c3ccccc3)cc21. The number of para-hydroxylation sites is 5. The van der Waals surface area contributed by atoms with Crippen molar-refractivity contribution < 1.29 is 0 Å². The Balaban J connectivity index is 1.16. The number of benzene rings is 8. The van der Waals surface area contributed by atoms with Crippen LogP contribution in [0.2, 0.25) is 0 Å². The molecule has 1 aliphatic carbocycles. The Morgan fingerprint density at radius 1 is 0.370 bits per heavy atom. The molecular weight excluding hydrogens is 655 g/mol. The minimum Gasteiger partial charge on any atom is -0.310 e. The second kappa shape index (κ2) is 11.6. The minimum absolute atomic E-state index is 0.175. The molecule has 2 aromatic heterocycles. The number of fused-ring (bicyclic) bond motifs is 10. The smallest absolute Gasteiger partial charge is 0.0788 e. The van der Waals surface area contributed by atoms with E-state index in [1.54, 1.807) is 0 Å². The highest BCUT2D eigenvalue weighted by Gasteiger charge is 2.36. The third kappa shape index (κ3) is 4.36. The molecular formula is C51H37N3. The van der Waals surface area contributed by atoms with Gasteiger partial charge in [-0.2, -0.15) is 0 Å². The highest BCUT2D eigenvalue weighted by molar-refractivity contribution is 6.23. The second-order valence-electron chi connectivity index (χ2n) is 15.0. The van der Waals surface area contributed by atoms with Gasteiger partial charge in [0.05, 0.1) is 22.1 Å². The molecule has 3 heteroatoms. The molecule has 256 valence electrons. The molecule has 0 atom stereocenters. The van der Waals surface area contributed by atoms with E-state index in [1.165, 1.54) is 71.6 Å². The van der Waals surface area contributed by atoms with E-state index in [1.807, 2.05) is 0 Å². The van der Waals surface area contributed by atoms with Gasteiger partial charge >= 0.3 is 0 Å². The van der Waals surface area contributed by atoms with Crippen molar-refractivity contribution in [1.29, 1.82) is 0 Å². The fraction of sp³-hybridized carbons (Fsp3) is 0.0588. The summed E-state index contributed by atoms with van der Waals surface area (Å²) >= 11 is 0. The molecule has 2 heterocycles. The maximum absolute atomic E-state index is 2.51. The summed E-state index contributed by atoms with van der Waals surface area (Å²) in [4.78, 5) is 2.36. The van der Waals surface area contributed by atoms with Crippen molar-refractivity contribution in [1.82, 2.24) is 9.13 Å². The number of anilines is 3. The summed E-state index contributed by atoms with van der Waals surface area (Å²) in [7, 11) is 0. The monoisotopic (exact) mass is 691 g/mol. The van der Waals surface area contributed by atoms with Gasteiger partial charge in [0.2, 0.25) is 0 Å². The molecule has 0 N–H and O–H groups in total. The number of aromatic nitrogens is 2. The summed E-state index contributed by atoms with van der Waals surface area (Å²) in [6.45, 7) is 4.75. The third-order valence-electron chi connectivity index (χ3n) is 11.7. The summed E-state index contributed by atoms with van der Waals surface area (Å²) in [5.74, 6) is 0. The molecule has 0 aliphatic heterocycles. The van der Waals surface area contributed by atoms with Crippen molar-refractivity contribution in [3.05, 3.63) is 199 Å². The average molecular weight is 692 g/mol. The van der Waals surface area contributed by atoms with Gasteiger partial charge in [-0.05, 0) is 95.1 Å². The molecule has 0 spiro atoms. The van der Waals surface area contributed by atoms with Gasteiger partial charge in [-0.3, -0.25) is 0 Å². The second-order valence-corrected chi connectivity index (χ2v) is 15.0. The number of hydrogen-bond donors (Lipinski definition) is 0. The summed E-state index contributed by atoms with van der Waals surface area (Å²) in [5.41, 5.74) is 15.8. The molecule has 0 fully saturated rings. The van der Waals surface area contributed by atoms with Crippen LogP contribution in [-0.4, -0.2) is 9.13 Å². The molecule has 0 amide bonds. The third-order valence-corrected chi connectivity index (χ3v) is 11.7. The molecule has 0 radical (unpaired) electrons. The van der Waals surface area contributed by atoms with Crippen LogP contribution in [0.3, 0.4) is 0 Å². The Labute approximate surface area is 314 Å². The first-order valence-corrected chi connectivity index (χ1v) is 18.8. The molecule has 3 nitrogen and oxygen atoms in total. The fourth-order valence-electron chi connectivity index (χ4n) is 9.22. The first kappa shape index (κ1) is 30.8. The summed E-state index contributed by atoms with van der Waals surface area (Å²) in [6.07, 6.45) is 0. The van der Waals surface area contributed by atoms with Crippen LogP contribution in [0.15, 0.2) is 188 Å². The maximum atomic E-state index is 2.51. The van der Waals surface area contributed by atoms with Gasteiger partial charge < -0.3 is 14.0 Å². The van der Waals surface area contributed by atoms with Gasteiger partial charge in [-0.15, -0.1) is 0 Å². The van der Waals surface area contributed by atoms with Crippen molar-refractivity contribution in [2.45, 2.75) is 19.3 Å². The minimum atomic E-state index is -0.175. The molecule has 1 aliphatic rings. The van der Waals surface area contributed by atoms with Crippen molar-refractivity contribution in [3.63, 3.8) is 0 Å². The van der Waals surface area contributed by atoms with Crippen molar-refractivity contribution >= 4 is 60.7 Å². The zero-order valence-electron chi connectivity index (χ0n) is 30.2. The van der Waals surface area contributed by atoms with Crippen LogP contribution in [0.1, 0.15) is 25.0 Å². The normalized spacial score (nSPS) is 13.1. The summed E-state index contributed by atoms with van der Waals surface area (Å²) in [5, 5.41) is 5.03. The zero-order chi connectivity index (χ0) is 36.0. The summed E-state index contributed by atoms with van der Waals surface area (Å²) < 4.78 is 4.97. The molecule has 11 rings (SSSR count). The molecule has 0 bridgehead atoms. The van der Waals surface area contributed by atoms with Crippen molar-refractivity contribution in [2.24, 2.45) is 0 Å². The van der Waals surface area contributed by atoms with E-state index in [9.17, 15) is 0 Å². The van der Waals surface area contributed by atoms with Crippen LogP contribution < -0.4 is 4.90 Å². The highest BCUT2D eigenvalue weighted by Crippen LogP contribution is 2.52. The molecule has 8 aromatic carbocycles. The van der Waals surface area contributed by atoms with Gasteiger partial charge in [0.1, 0.15) is 0 Å². The van der Waals surface area contributed by atoms with Gasteiger partial charge in [0, 0.05) is 55.4 Å². The van der Waals surface area contributed by atoms with E-state index < -0.39 is 0 Å². The van der Waals surface area contributed by atoms with E-state index in [0.717, 1.165) is 22.7 Å². The molecule has 0 saturated carbocycles. The predicted octanol–water partition coefficient (Wildman–Crippen LogP) is 13.7. The van der Waals surface area contributed by atoms with Crippen molar-refractivity contribution in [2.75, 3.05) is 4.90 Å². The quantitative estimate of drug-likeness (QED) is 0.175. The van der Waals surface area contributed by atoms with Crippen LogP contribution >= 0.6 is 0 Å². The fourth-order valence-corrected chi connectivity index (χ4v) is 9.22. The number of rotatable bonds is 5. The number of nitrogens with zero attached hydrogens (tertiary/aromatic N) is 3. The van der Waals surface area contributed by atoms with E-state index in [0.29, 0.717) is 0 Å². The van der Waals surface area contributed by atoms with Crippen LogP contribution in [0.25, 0.3) is 66.1 Å². The molecule has 0 saturated heterocycles. The van der Waals surface area contributed by atoms with Crippen LogP contribution in [-0.2, 0) is 5.41 Å². The molecule has 54 heavy (non-hydrogen) atoms. The average Bonchev–Trinajstić information content (AvgIpc) is 3.82. The van der Waals surface area contributed by atoms with E-state index in [4.69, 9.17) is 0 Å². The lowest BCUT2D eigenvalue weighted by Crippen LogP contribution is -2.16. The molecule has 10 aromatic rings. The Hall–Kier alpha value is -6.84. The maximum Gasteiger partial charge on any atom is 0.0788 e. The topological polar surface area (TPSA) is 13.1 Å². The van der Waals surface area contributed by atoms with Gasteiger partial charge in [0.15, 0.2) is 0 Å². The summed E-state index contributed by atoms with van der Waals surface area (Å²) in [6, 6.07) is 68.7. The van der Waals surface area contributed by atoms with E-state index in [2.05, 4.69) is 216 Å². The van der Waals surface area contributed by atoms with E-state index >= 15 is 0 Å². The Morgan fingerprint density at radius 3 is 1.48 bits per heavy atom. The Morgan fingerprint density at radius 2 is 0.889 bits per heavy atom. The Bertz CT molecular complexity index is 3020. The van der Waals surface area contributed by atoms with Crippen LogP contribution in [0.4, 0.5) is 17.1 Å². The van der Waals surface area contributed by atoms with Crippen LogP contribution in [0.5, 0.6) is 0 Å². The lowest BCUT2D eigenvalue weighted by Gasteiger charge is -2.28. The van der Waals surface area contributed by atoms with Gasteiger partial charge in [-0.25, -0.2) is 0 Å².